The van der Waals surface area contributed by atoms with Crippen LogP contribution >= 0.6 is 0 Å². The molecule has 1 heterocycles. The van der Waals surface area contributed by atoms with Gasteiger partial charge in [0.05, 0.1) is 6.42 Å². The van der Waals surface area contributed by atoms with Crippen LogP contribution in [0.5, 0.6) is 5.75 Å². The van der Waals surface area contributed by atoms with Crippen LogP contribution < -0.4 is 4.74 Å². The zero-order chi connectivity index (χ0) is 13.0. The van der Waals surface area contributed by atoms with Crippen molar-refractivity contribution in [3.05, 3.63) is 27.9 Å². The molecule has 92 valence electrons. The van der Waals surface area contributed by atoms with E-state index < -0.39 is 22.8 Å². The molecule has 17 heavy (non-hydrogen) atoms. The molecule has 1 aromatic rings. The lowest BCUT2D eigenvalue weighted by atomic mass is 10.3. The molecule has 1 unspecified atom stereocenters. The smallest absolute Gasteiger partial charge is 0.406 e. The van der Waals surface area contributed by atoms with Gasteiger partial charge in [-0.1, -0.05) is 0 Å². The topological polar surface area (TPSA) is 103 Å². The van der Waals surface area contributed by atoms with E-state index in [9.17, 15) is 14.9 Å². The number of aliphatic carboxylic acids is 1. The van der Waals surface area contributed by atoms with Crippen molar-refractivity contribution in [2.75, 3.05) is 0 Å². The minimum absolute atomic E-state index is 0.0191. The van der Waals surface area contributed by atoms with E-state index in [1.807, 2.05) is 0 Å². The first kappa shape index (κ1) is 12.9. The fraction of sp³-hybridized carbons (Fsp3) is 0.400. The Morgan fingerprint density at radius 1 is 1.65 bits per heavy atom. The molecule has 0 aromatic carbocycles. The van der Waals surface area contributed by atoms with E-state index in [0.29, 0.717) is 5.69 Å². The highest BCUT2D eigenvalue weighted by Gasteiger charge is 2.20. The number of nitrogens with zero attached hydrogens (tertiary/aromatic N) is 2. The van der Waals surface area contributed by atoms with Crippen LogP contribution in [0.3, 0.4) is 0 Å². The lowest BCUT2D eigenvalue weighted by molar-refractivity contribution is -0.390. The lowest BCUT2D eigenvalue weighted by Crippen LogP contribution is -2.17. The minimum atomic E-state index is -1.03. The van der Waals surface area contributed by atoms with Gasteiger partial charge in [0.15, 0.2) is 0 Å². The standard InChI is InChI=1S/C10H12N2O5/c1-6-3-4-8(10(11-6)12(15)16)17-7(2)5-9(13)14/h3-4,7H,5H2,1-2H3,(H,13,14). The highest BCUT2D eigenvalue weighted by Crippen LogP contribution is 2.25. The molecule has 7 nitrogen and oxygen atoms in total. The van der Waals surface area contributed by atoms with Gasteiger partial charge in [0.1, 0.15) is 11.8 Å². The molecule has 0 amide bonds. The average Bonchev–Trinajstić information content (AvgIpc) is 2.19. The van der Waals surface area contributed by atoms with Crippen LogP contribution in [0, 0.1) is 17.0 Å². The number of aryl methyl sites for hydroxylation is 1. The maximum atomic E-state index is 10.7. The molecule has 1 rings (SSSR count). The van der Waals surface area contributed by atoms with Crippen molar-refractivity contribution in [1.29, 1.82) is 0 Å². The quantitative estimate of drug-likeness (QED) is 0.618. The molecule has 7 heteroatoms. The van der Waals surface area contributed by atoms with Crippen LogP contribution in [0.4, 0.5) is 5.82 Å². The predicted molar refractivity (Wildman–Crippen MR) is 58.0 cm³/mol. The number of hydrogen-bond acceptors (Lipinski definition) is 5. The van der Waals surface area contributed by atoms with E-state index in [1.54, 1.807) is 13.0 Å². The van der Waals surface area contributed by atoms with Gasteiger partial charge in [0, 0.05) is 6.92 Å². The Balaban J connectivity index is 2.90. The summed E-state index contributed by atoms with van der Waals surface area (Å²) >= 11 is 0. The van der Waals surface area contributed by atoms with Crippen LogP contribution in [0.1, 0.15) is 19.0 Å². The van der Waals surface area contributed by atoms with E-state index in [-0.39, 0.29) is 12.2 Å². The van der Waals surface area contributed by atoms with E-state index >= 15 is 0 Å². The molecule has 0 fully saturated rings. The third-order valence-corrected chi connectivity index (χ3v) is 1.94. The molecule has 1 aromatic heterocycles. The number of nitro groups is 1. The highest BCUT2D eigenvalue weighted by atomic mass is 16.6. The van der Waals surface area contributed by atoms with Gasteiger partial charge < -0.3 is 20.0 Å². The van der Waals surface area contributed by atoms with Crippen LogP contribution in [-0.4, -0.2) is 27.1 Å². The van der Waals surface area contributed by atoms with E-state index in [1.165, 1.54) is 13.0 Å². The molecule has 0 aliphatic carbocycles. The van der Waals surface area contributed by atoms with Gasteiger partial charge in [-0.05, 0) is 29.0 Å². The first-order chi connectivity index (χ1) is 7.90. The summed E-state index contributed by atoms with van der Waals surface area (Å²) in [5.41, 5.74) is 0.495. The van der Waals surface area contributed by atoms with Crippen LogP contribution in [0.15, 0.2) is 12.1 Å². The maximum absolute atomic E-state index is 10.7. The van der Waals surface area contributed by atoms with Gasteiger partial charge in [0.2, 0.25) is 5.75 Å². The molecule has 0 aliphatic heterocycles. The molecule has 0 saturated carbocycles. The third kappa shape index (κ3) is 3.71. The van der Waals surface area contributed by atoms with Crippen LogP contribution in [-0.2, 0) is 4.79 Å². The van der Waals surface area contributed by atoms with Crippen molar-refractivity contribution < 1.29 is 19.6 Å². The second-order valence-electron chi connectivity index (χ2n) is 3.56. The van der Waals surface area contributed by atoms with Crippen molar-refractivity contribution in [3.8, 4) is 5.75 Å². The Morgan fingerprint density at radius 2 is 2.29 bits per heavy atom. The van der Waals surface area contributed by atoms with Gasteiger partial charge >= 0.3 is 11.8 Å². The zero-order valence-corrected chi connectivity index (χ0v) is 9.41. The maximum Gasteiger partial charge on any atom is 0.406 e. The van der Waals surface area contributed by atoms with Gasteiger partial charge in [-0.15, -0.1) is 0 Å². The summed E-state index contributed by atoms with van der Waals surface area (Å²) in [4.78, 5) is 24.2. The monoisotopic (exact) mass is 240 g/mol. The summed E-state index contributed by atoms with van der Waals surface area (Å²) in [5, 5.41) is 19.3. The molecule has 0 radical (unpaired) electrons. The van der Waals surface area contributed by atoms with Crippen molar-refractivity contribution in [2.45, 2.75) is 26.4 Å². The van der Waals surface area contributed by atoms with E-state index in [2.05, 4.69) is 4.98 Å². The lowest BCUT2D eigenvalue weighted by Gasteiger charge is -2.12. The Morgan fingerprint density at radius 3 is 2.82 bits per heavy atom. The molecule has 0 bridgehead atoms. The first-order valence-electron chi connectivity index (χ1n) is 4.90. The number of rotatable bonds is 5. The number of hydrogen-bond donors (Lipinski definition) is 1. The largest absolute Gasteiger partial charge is 0.482 e. The number of ether oxygens (including phenoxy) is 1. The van der Waals surface area contributed by atoms with E-state index in [4.69, 9.17) is 9.84 Å². The fourth-order valence-corrected chi connectivity index (χ4v) is 1.26. The molecule has 0 aliphatic rings. The molecule has 1 atom stereocenters. The summed E-state index contributed by atoms with van der Waals surface area (Å²) in [6.45, 7) is 3.15. The number of pyridine rings is 1. The number of carboxylic acids is 1. The molecular weight excluding hydrogens is 228 g/mol. The highest BCUT2D eigenvalue weighted by molar-refractivity contribution is 5.67. The Labute approximate surface area is 97.2 Å². The number of carboxylic acid groups (broad SMARTS) is 1. The normalized spacial score (nSPS) is 11.9. The Bertz CT molecular complexity index is 446. The SMILES string of the molecule is Cc1ccc(OC(C)CC(=O)O)c([N+](=O)[O-])n1. The average molecular weight is 240 g/mol. The molecular formula is C10H12N2O5. The molecule has 1 N–H and O–H groups in total. The second-order valence-corrected chi connectivity index (χ2v) is 3.56. The van der Waals surface area contributed by atoms with Crippen LogP contribution in [0.2, 0.25) is 0 Å². The van der Waals surface area contributed by atoms with Crippen LogP contribution in [0.25, 0.3) is 0 Å². The van der Waals surface area contributed by atoms with Gasteiger partial charge in [-0.3, -0.25) is 4.79 Å². The summed E-state index contributed by atoms with van der Waals surface area (Å²) in [6, 6.07) is 2.98. The summed E-state index contributed by atoms with van der Waals surface area (Å²) in [7, 11) is 0. The molecule has 0 saturated heterocycles. The summed E-state index contributed by atoms with van der Waals surface area (Å²) in [6.07, 6.45) is -0.888. The number of aromatic nitrogens is 1. The fourth-order valence-electron chi connectivity index (χ4n) is 1.26. The van der Waals surface area contributed by atoms with Crippen molar-refractivity contribution in [3.63, 3.8) is 0 Å². The van der Waals surface area contributed by atoms with Gasteiger partial charge in [-0.2, -0.15) is 0 Å². The first-order valence-corrected chi connectivity index (χ1v) is 4.90. The zero-order valence-electron chi connectivity index (χ0n) is 9.41. The van der Waals surface area contributed by atoms with Crippen molar-refractivity contribution >= 4 is 11.8 Å². The summed E-state index contributed by atoms with van der Waals surface area (Å²) in [5.74, 6) is -1.45. The van der Waals surface area contributed by atoms with E-state index in [0.717, 1.165) is 0 Å². The molecule has 0 spiro atoms. The minimum Gasteiger partial charge on any atom is -0.482 e. The number of carbonyl (C=O) groups is 1. The second kappa shape index (κ2) is 5.24. The summed E-state index contributed by atoms with van der Waals surface area (Å²) < 4.78 is 5.19. The van der Waals surface area contributed by atoms with Gasteiger partial charge in [0.25, 0.3) is 0 Å². The van der Waals surface area contributed by atoms with Gasteiger partial charge in [-0.25, -0.2) is 0 Å². The Kier molecular flexibility index (Phi) is 3.97. The van der Waals surface area contributed by atoms with Crippen molar-refractivity contribution in [1.82, 2.24) is 4.98 Å². The third-order valence-electron chi connectivity index (χ3n) is 1.94. The Hall–Kier alpha value is -2.18. The van der Waals surface area contributed by atoms with Crippen molar-refractivity contribution in [2.24, 2.45) is 0 Å². The predicted octanol–water partition coefficient (Wildman–Crippen LogP) is 1.54.